The fourth-order valence-corrected chi connectivity index (χ4v) is 3.10. The normalized spacial score (nSPS) is 20.8. The predicted octanol–water partition coefficient (Wildman–Crippen LogP) is 3.09. The van der Waals surface area contributed by atoms with Crippen molar-refractivity contribution in [1.82, 2.24) is 15.3 Å². The maximum atomic E-state index is 14.8. The molecule has 2 aliphatic rings. The SMILES string of the molecule is Nc1nccc(Cc2cc3c(cc2F)[C@@](C#CC2CC2)(C(F)(F)F)NC(=O)N3)n1. The summed E-state index contributed by atoms with van der Waals surface area (Å²) in [5, 5.41) is 4.17. The molecule has 1 aliphatic carbocycles. The van der Waals surface area contributed by atoms with Gasteiger partial charge in [-0.05, 0) is 36.6 Å². The Kier molecular flexibility index (Phi) is 4.33. The number of nitrogens with one attached hydrogen (secondary N) is 2. The van der Waals surface area contributed by atoms with Crippen LogP contribution < -0.4 is 16.4 Å². The van der Waals surface area contributed by atoms with Gasteiger partial charge in [-0.2, -0.15) is 13.2 Å². The van der Waals surface area contributed by atoms with Crippen molar-refractivity contribution in [2.75, 3.05) is 11.1 Å². The van der Waals surface area contributed by atoms with E-state index < -0.39 is 29.1 Å². The lowest BCUT2D eigenvalue weighted by Gasteiger charge is -2.37. The Morgan fingerprint density at radius 3 is 2.72 bits per heavy atom. The Morgan fingerprint density at radius 1 is 1.31 bits per heavy atom. The van der Waals surface area contributed by atoms with Crippen LogP contribution in [0.3, 0.4) is 0 Å². The smallest absolute Gasteiger partial charge is 0.368 e. The molecule has 1 aliphatic heterocycles. The first-order valence-electron chi connectivity index (χ1n) is 8.77. The molecule has 0 radical (unpaired) electrons. The number of amides is 2. The number of fused-ring (bicyclic) bond motifs is 1. The molecule has 4 N–H and O–H groups in total. The molecule has 1 atom stereocenters. The van der Waals surface area contributed by atoms with Gasteiger partial charge >= 0.3 is 12.2 Å². The molecule has 1 aromatic carbocycles. The van der Waals surface area contributed by atoms with Crippen LogP contribution in [0.15, 0.2) is 24.4 Å². The van der Waals surface area contributed by atoms with Gasteiger partial charge in [0.2, 0.25) is 11.5 Å². The van der Waals surface area contributed by atoms with Crippen molar-refractivity contribution >= 4 is 17.7 Å². The third-order valence-corrected chi connectivity index (χ3v) is 4.71. The summed E-state index contributed by atoms with van der Waals surface area (Å²) >= 11 is 0. The molecule has 2 amide bonds. The van der Waals surface area contributed by atoms with Crippen molar-refractivity contribution in [3.8, 4) is 11.8 Å². The minimum atomic E-state index is -4.95. The van der Waals surface area contributed by atoms with Crippen molar-refractivity contribution in [2.24, 2.45) is 5.92 Å². The van der Waals surface area contributed by atoms with Gasteiger partial charge in [0.1, 0.15) is 5.82 Å². The highest BCUT2D eigenvalue weighted by Crippen LogP contribution is 2.45. The third kappa shape index (κ3) is 3.55. The van der Waals surface area contributed by atoms with Gasteiger partial charge < -0.3 is 16.4 Å². The zero-order valence-electron chi connectivity index (χ0n) is 14.9. The standard InChI is InChI=1S/C19H15F4N5O/c20-14-9-13-15(8-11(14)7-12-4-6-25-16(24)26-12)27-17(29)28-18(13,19(21,22)23)5-3-10-1-2-10/h4,6,8-10H,1-2,7H2,(H2,24,25,26)(H2,27,28,29)/t18-/m0/s1. The van der Waals surface area contributed by atoms with Crippen LogP contribution >= 0.6 is 0 Å². The number of carbonyl (C=O) groups excluding carboxylic acids is 1. The second kappa shape index (κ2) is 6.62. The molecule has 2 heterocycles. The molecule has 6 nitrogen and oxygen atoms in total. The maximum absolute atomic E-state index is 14.8. The zero-order valence-corrected chi connectivity index (χ0v) is 14.9. The summed E-state index contributed by atoms with van der Waals surface area (Å²) in [4.78, 5) is 19.7. The molecule has 0 spiro atoms. The molecule has 1 saturated carbocycles. The van der Waals surface area contributed by atoms with E-state index in [-0.39, 0.29) is 29.5 Å². The second-order valence-electron chi connectivity index (χ2n) is 6.94. The average Bonchev–Trinajstić information content (AvgIpc) is 3.44. The molecule has 2 aromatic rings. The molecule has 0 bridgehead atoms. The average molecular weight is 405 g/mol. The van der Waals surface area contributed by atoms with E-state index in [9.17, 15) is 22.4 Å². The number of rotatable bonds is 2. The lowest BCUT2D eigenvalue weighted by molar-refractivity contribution is -0.178. The van der Waals surface area contributed by atoms with Crippen LogP contribution in [0.5, 0.6) is 0 Å². The van der Waals surface area contributed by atoms with Crippen LogP contribution in [0.4, 0.5) is 34.0 Å². The molecule has 150 valence electrons. The Morgan fingerprint density at radius 2 is 2.07 bits per heavy atom. The summed E-state index contributed by atoms with van der Waals surface area (Å²) in [5.74, 6) is 3.70. The minimum Gasteiger partial charge on any atom is -0.368 e. The van der Waals surface area contributed by atoms with E-state index in [1.54, 1.807) is 0 Å². The van der Waals surface area contributed by atoms with E-state index in [0.29, 0.717) is 18.5 Å². The highest BCUT2D eigenvalue weighted by atomic mass is 19.4. The first-order chi connectivity index (χ1) is 13.7. The van der Waals surface area contributed by atoms with E-state index >= 15 is 0 Å². The number of anilines is 2. The molecular formula is C19H15F4N5O. The number of halogens is 4. The topological polar surface area (TPSA) is 92.9 Å². The summed E-state index contributed by atoms with van der Waals surface area (Å²) in [6.07, 6.45) is -2.19. The maximum Gasteiger partial charge on any atom is 0.427 e. The molecule has 1 aromatic heterocycles. The Bertz CT molecular complexity index is 1050. The molecular weight excluding hydrogens is 390 g/mol. The molecule has 1 fully saturated rings. The number of carbonyl (C=O) groups is 1. The van der Waals surface area contributed by atoms with Crippen LogP contribution in [0.2, 0.25) is 0 Å². The largest absolute Gasteiger partial charge is 0.427 e. The second-order valence-corrected chi connectivity index (χ2v) is 6.94. The van der Waals surface area contributed by atoms with Crippen molar-refractivity contribution in [1.29, 1.82) is 0 Å². The lowest BCUT2D eigenvalue weighted by Crippen LogP contribution is -2.59. The van der Waals surface area contributed by atoms with Gasteiger partial charge in [0.25, 0.3) is 0 Å². The third-order valence-electron chi connectivity index (χ3n) is 4.71. The molecule has 4 rings (SSSR count). The van der Waals surface area contributed by atoms with Gasteiger partial charge in [-0.25, -0.2) is 19.2 Å². The summed E-state index contributed by atoms with van der Waals surface area (Å²) in [7, 11) is 0. The monoisotopic (exact) mass is 405 g/mol. The van der Waals surface area contributed by atoms with Crippen LogP contribution in [-0.4, -0.2) is 22.2 Å². The summed E-state index contributed by atoms with van der Waals surface area (Å²) in [6, 6.07) is 2.37. The summed E-state index contributed by atoms with van der Waals surface area (Å²) < 4.78 is 56.9. The first-order valence-corrected chi connectivity index (χ1v) is 8.77. The Balaban J connectivity index is 1.81. The van der Waals surface area contributed by atoms with Gasteiger partial charge in [0.15, 0.2) is 0 Å². The van der Waals surface area contributed by atoms with Crippen molar-refractivity contribution in [3.05, 3.63) is 47.0 Å². The number of aromatic nitrogens is 2. The van der Waals surface area contributed by atoms with Crippen molar-refractivity contribution in [2.45, 2.75) is 31.0 Å². The summed E-state index contributed by atoms with van der Waals surface area (Å²) in [6.45, 7) is 0. The van der Waals surface area contributed by atoms with E-state index in [0.717, 1.165) is 6.07 Å². The first kappa shape index (κ1) is 19.0. The number of nitrogen functional groups attached to an aromatic ring is 1. The van der Waals surface area contributed by atoms with Crippen LogP contribution in [0.1, 0.15) is 29.7 Å². The van der Waals surface area contributed by atoms with Gasteiger partial charge in [-0.3, -0.25) is 0 Å². The van der Waals surface area contributed by atoms with E-state index in [2.05, 4.69) is 27.1 Å². The number of nitrogens with two attached hydrogens (primary N) is 1. The van der Waals surface area contributed by atoms with E-state index in [1.807, 2.05) is 5.32 Å². The van der Waals surface area contributed by atoms with Gasteiger partial charge in [0.05, 0.1) is 5.69 Å². The molecule has 0 saturated heterocycles. The van der Waals surface area contributed by atoms with Crippen LogP contribution in [0, 0.1) is 23.6 Å². The Labute approximate surface area is 162 Å². The van der Waals surface area contributed by atoms with Gasteiger partial charge in [-0.1, -0.05) is 11.8 Å². The van der Waals surface area contributed by atoms with Crippen molar-refractivity contribution < 1.29 is 22.4 Å². The zero-order chi connectivity index (χ0) is 20.8. The Hall–Kier alpha value is -3.35. The minimum absolute atomic E-state index is 0.00944. The number of nitrogens with zero attached hydrogens (tertiary/aromatic N) is 2. The van der Waals surface area contributed by atoms with Gasteiger partial charge in [-0.15, -0.1) is 0 Å². The number of hydrogen-bond donors (Lipinski definition) is 3. The summed E-state index contributed by atoms with van der Waals surface area (Å²) in [5.41, 5.74) is 2.31. The van der Waals surface area contributed by atoms with Crippen LogP contribution in [-0.2, 0) is 12.0 Å². The van der Waals surface area contributed by atoms with E-state index in [4.69, 9.17) is 5.73 Å². The fraction of sp³-hybridized carbons (Fsp3) is 0.316. The molecule has 29 heavy (non-hydrogen) atoms. The lowest BCUT2D eigenvalue weighted by atomic mass is 9.85. The molecule has 0 unspecified atom stereocenters. The van der Waals surface area contributed by atoms with Gasteiger partial charge in [0, 0.05) is 29.8 Å². The number of alkyl halides is 3. The number of hydrogen-bond acceptors (Lipinski definition) is 4. The number of urea groups is 1. The van der Waals surface area contributed by atoms with E-state index in [1.165, 1.54) is 18.3 Å². The number of benzene rings is 1. The van der Waals surface area contributed by atoms with Crippen molar-refractivity contribution in [3.63, 3.8) is 0 Å². The highest BCUT2D eigenvalue weighted by Gasteiger charge is 2.59. The quantitative estimate of drug-likeness (QED) is 0.529. The predicted molar refractivity (Wildman–Crippen MR) is 96.0 cm³/mol. The fourth-order valence-electron chi connectivity index (χ4n) is 3.10. The molecule has 10 heteroatoms. The van der Waals surface area contributed by atoms with Crippen LogP contribution in [0.25, 0.3) is 0 Å². The highest BCUT2D eigenvalue weighted by molar-refractivity contribution is 5.95.